The lowest BCUT2D eigenvalue weighted by Gasteiger charge is -2.18. The molecule has 122 valence electrons. The second-order valence-electron chi connectivity index (χ2n) is 5.62. The van der Waals surface area contributed by atoms with Gasteiger partial charge in [-0.3, -0.25) is 4.79 Å². The van der Waals surface area contributed by atoms with Crippen LogP contribution in [0, 0.1) is 13.8 Å². The third-order valence-electron chi connectivity index (χ3n) is 3.88. The molecule has 0 aliphatic carbocycles. The van der Waals surface area contributed by atoms with Crippen LogP contribution in [-0.4, -0.2) is 20.1 Å². The molecular weight excluding hydrogens is 290 g/mol. The molecule has 0 aliphatic rings. The monoisotopic (exact) mass is 313 g/mol. The van der Waals surface area contributed by atoms with Crippen LogP contribution in [0.25, 0.3) is 0 Å². The molecule has 0 aromatic heterocycles. The smallest absolute Gasteiger partial charge is 0.252 e. The Kier molecular flexibility index (Phi) is 5.27. The molecule has 4 heteroatoms. The third kappa shape index (κ3) is 3.83. The van der Waals surface area contributed by atoms with E-state index in [4.69, 9.17) is 9.47 Å². The van der Waals surface area contributed by atoms with Crippen molar-refractivity contribution in [1.82, 2.24) is 5.32 Å². The summed E-state index contributed by atoms with van der Waals surface area (Å²) < 4.78 is 10.6. The zero-order valence-corrected chi connectivity index (χ0v) is 14.3. The van der Waals surface area contributed by atoms with Gasteiger partial charge in [0.2, 0.25) is 0 Å². The van der Waals surface area contributed by atoms with Crippen LogP contribution in [0.1, 0.15) is 40.0 Å². The number of carbonyl (C=O) groups excluding carboxylic acids is 1. The summed E-state index contributed by atoms with van der Waals surface area (Å²) in [6.45, 7) is 5.89. The molecule has 1 amide bonds. The Balaban J connectivity index is 2.21. The summed E-state index contributed by atoms with van der Waals surface area (Å²) in [5.74, 6) is 1.32. The van der Waals surface area contributed by atoms with Crippen LogP contribution in [-0.2, 0) is 0 Å². The topological polar surface area (TPSA) is 47.6 Å². The number of benzene rings is 2. The van der Waals surface area contributed by atoms with Crippen molar-refractivity contribution in [2.45, 2.75) is 26.8 Å². The van der Waals surface area contributed by atoms with Crippen molar-refractivity contribution >= 4 is 5.91 Å². The molecule has 23 heavy (non-hydrogen) atoms. The van der Waals surface area contributed by atoms with E-state index in [2.05, 4.69) is 5.32 Å². The standard InChI is InChI=1S/C19H23NO3/c1-12-6-8-16(13(2)10-12)19(21)20-14(3)17-9-7-15(22-4)11-18(17)23-5/h6-11,14H,1-5H3,(H,20,21). The lowest BCUT2D eigenvalue weighted by Crippen LogP contribution is -2.27. The average molecular weight is 313 g/mol. The predicted octanol–water partition coefficient (Wildman–Crippen LogP) is 3.81. The van der Waals surface area contributed by atoms with Gasteiger partial charge in [-0.1, -0.05) is 17.7 Å². The van der Waals surface area contributed by atoms with Gasteiger partial charge in [-0.05, 0) is 44.5 Å². The molecule has 0 saturated heterocycles. The van der Waals surface area contributed by atoms with Gasteiger partial charge in [0, 0.05) is 17.2 Å². The lowest BCUT2D eigenvalue weighted by atomic mass is 10.0. The second kappa shape index (κ2) is 7.18. The summed E-state index contributed by atoms with van der Waals surface area (Å²) in [6.07, 6.45) is 0. The number of hydrogen-bond acceptors (Lipinski definition) is 3. The van der Waals surface area contributed by atoms with Gasteiger partial charge in [-0.2, -0.15) is 0 Å². The minimum absolute atomic E-state index is 0.0899. The number of carbonyl (C=O) groups is 1. The fourth-order valence-corrected chi connectivity index (χ4v) is 2.60. The highest BCUT2D eigenvalue weighted by Gasteiger charge is 2.17. The molecule has 0 aliphatic heterocycles. The van der Waals surface area contributed by atoms with Gasteiger partial charge in [0.25, 0.3) is 5.91 Å². The van der Waals surface area contributed by atoms with Crippen molar-refractivity contribution in [2.75, 3.05) is 14.2 Å². The summed E-state index contributed by atoms with van der Waals surface area (Å²) in [6, 6.07) is 11.2. The van der Waals surface area contributed by atoms with Gasteiger partial charge in [0.15, 0.2) is 0 Å². The molecule has 4 nitrogen and oxygen atoms in total. The summed E-state index contributed by atoms with van der Waals surface area (Å²) in [7, 11) is 3.22. The Hall–Kier alpha value is -2.49. The van der Waals surface area contributed by atoms with Gasteiger partial charge in [-0.25, -0.2) is 0 Å². The van der Waals surface area contributed by atoms with Crippen molar-refractivity contribution in [2.24, 2.45) is 0 Å². The molecule has 1 atom stereocenters. The molecule has 1 unspecified atom stereocenters. The number of rotatable bonds is 5. The van der Waals surface area contributed by atoms with E-state index in [-0.39, 0.29) is 11.9 Å². The number of hydrogen-bond donors (Lipinski definition) is 1. The summed E-state index contributed by atoms with van der Waals surface area (Å²) in [5, 5.41) is 3.03. The molecule has 0 radical (unpaired) electrons. The third-order valence-corrected chi connectivity index (χ3v) is 3.88. The fraction of sp³-hybridized carbons (Fsp3) is 0.316. The van der Waals surface area contributed by atoms with Crippen LogP contribution in [0.4, 0.5) is 0 Å². The highest BCUT2D eigenvalue weighted by Crippen LogP contribution is 2.29. The van der Waals surface area contributed by atoms with Crippen molar-refractivity contribution < 1.29 is 14.3 Å². The Labute approximate surface area is 137 Å². The average Bonchev–Trinajstić information content (AvgIpc) is 2.53. The Morgan fingerprint density at radius 2 is 1.78 bits per heavy atom. The number of ether oxygens (including phenoxy) is 2. The summed E-state index contributed by atoms with van der Waals surface area (Å²) in [4.78, 5) is 12.5. The number of nitrogens with one attached hydrogen (secondary N) is 1. The van der Waals surface area contributed by atoms with E-state index in [9.17, 15) is 4.79 Å². The Morgan fingerprint density at radius 1 is 1.04 bits per heavy atom. The maximum absolute atomic E-state index is 12.5. The van der Waals surface area contributed by atoms with Crippen molar-refractivity contribution in [3.05, 3.63) is 58.7 Å². The molecule has 0 bridgehead atoms. The molecule has 0 spiro atoms. The van der Waals surface area contributed by atoms with E-state index >= 15 is 0 Å². The lowest BCUT2D eigenvalue weighted by molar-refractivity contribution is 0.0939. The van der Waals surface area contributed by atoms with E-state index < -0.39 is 0 Å². The quantitative estimate of drug-likeness (QED) is 0.913. The van der Waals surface area contributed by atoms with E-state index in [0.29, 0.717) is 11.3 Å². The number of methoxy groups -OCH3 is 2. The van der Waals surface area contributed by atoms with E-state index in [1.54, 1.807) is 14.2 Å². The molecule has 0 fully saturated rings. The first-order chi connectivity index (χ1) is 11.0. The van der Waals surface area contributed by atoms with Gasteiger partial charge in [0.05, 0.1) is 20.3 Å². The van der Waals surface area contributed by atoms with Gasteiger partial charge >= 0.3 is 0 Å². The van der Waals surface area contributed by atoms with Crippen molar-refractivity contribution in [3.63, 3.8) is 0 Å². The maximum atomic E-state index is 12.5. The molecular formula is C19H23NO3. The van der Waals surface area contributed by atoms with Crippen LogP contribution < -0.4 is 14.8 Å². The Morgan fingerprint density at radius 3 is 2.39 bits per heavy atom. The van der Waals surface area contributed by atoms with Gasteiger partial charge in [0.1, 0.15) is 11.5 Å². The first-order valence-corrected chi connectivity index (χ1v) is 7.56. The highest BCUT2D eigenvalue weighted by atomic mass is 16.5. The van der Waals surface area contributed by atoms with E-state index in [1.807, 2.05) is 57.2 Å². The molecule has 2 aromatic carbocycles. The zero-order valence-electron chi connectivity index (χ0n) is 14.3. The van der Waals surface area contributed by atoms with Crippen LogP contribution in [0.15, 0.2) is 36.4 Å². The van der Waals surface area contributed by atoms with Crippen molar-refractivity contribution in [1.29, 1.82) is 0 Å². The van der Waals surface area contributed by atoms with Gasteiger partial charge < -0.3 is 14.8 Å². The minimum atomic E-state index is -0.177. The summed E-state index contributed by atoms with van der Waals surface area (Å²) >= 11 is 0. The fourth-order valence-electron chi connectivity index (χ4n) is 2.60. The molecule has 0 saturated carbocycles. The van der Waals surface area contributed by atoms with Crippen molar-refractivity contribution in [3.8, 4) is 11.5 Å². The minimum Gasteiger partial charge on any atom is -0.497 e. The van der Waals surface area contributed by atoms with E-state index in [1.165, 1.54) is 0 Å². The largest absolute Gasteiger partial charge is 0.497 e. The summed E-state index contributed by atoms with van der Waals surface area (Å²) in [5.41, 5.74) is 3.71. The van der Waals surface area contributed by atoms with Crippen LogP contribution in [0.2, 0.25) is 0 Å². The first kappa shape index (κ1) is 16.9. The molecule has 1 N–H and O–H groups in total. The normalized spacial score (nSPS) is 11.7. The molecule has 2 rings (SSSR count). The SMILES string of the molecule is COc1ccc(C(C)NC(=O)c2ccc(C)cc2C)c(OC)c1. The number of amides is 1. The van der Waals surface area contributed by atoms with Gasteiger partial charge in [-0.15, -0.1) is 0 Å². The van der Waals surface area contributed by atoms with Crippen LogP contribution in [0.5, 0.6) is 11.5 Å². The van der Waals surface area contributed by atoms with Crippen LogP contribution in [0.3, 0.4) is 0 Å². The second-order valence-corrected chi connectivity index (χ2v) is 5.62. The maximum Gasteiger partial charge on any atom is 0.252 e. The predicted molar refractivity (Wildman–Crippen MR) is 91.3 cm³/mol. The van der Waals surface area contributed by atoms with Crippen LogP contribution >= 0.6 is 0 Å². The zero-order chi connectivity index (χ0) is 17.0. The highest BCUT2D eigenvalue weighted by molar-refractivity contribution is 5.96. The molecule has 2 aromatic rings. The first-order valence-electron chi connectivity index (χ1n) is 7.56. The molecule has 0 heterocycles. The Bertz CT molecular complexity index is 710. The number of aryl methyl sites for hydroxylation is 2. The van der Waals surface area contributed by atoms with E-state index in [0.717, 1.165) is 22.4 Å².